The van der Waals surface area contributed by atoms with Crippen LogP contribution in [-0.2, 0) is 57.4 Å². The molecule has 4 fully saturated rings. The summed E-state index contributed by atoms with van der Waals surface area (Å²) in [6.45, 7) is 18.6. The Hall–Kier alpha value is -8.72. The number of likely N-dealkylation sites (N-methyl/N-ethyl adjacent to an activating group) is 4. The average Bonchev–Trinajstić information content (AvgIpc) is 1.28. The van der Waals surface area contributed by atoms with Crippen molar-refractivity contribution in [3.8, 4) is 11.5 Å². The van der Waals surface area contributed by atoms with Crippen LogP contribution in [0, 0.1) is 37.5 Å². The predicted molar refractivity (Wildman–Crippen MR) is 330 cm³/mol. The topological polar surface area (TPSA) is 360 Å². The first-order valence-corrected chi connectivity index (χ1v) is 31.1. The molecule has 28 heteroatoms. The van der Waals surface area contributed by atoms with Gasteiger partial charge in [-0.15, -0.1) is 0 Å². The molecule has 496 valence electrons. The molecule has 11 atom stereocenters. The Bertz CT molecular complexity index is 3440. The Morgan fingerprint density at radius 2 is 1.10 bits per heavy atom. The molecular formula is C63H88N12O16. The highest BCUT2D eigenvalue weighted by Gasteiger charge is 2.47. The van der Waals surface area contributed by atoms with Gasteiger partial charge in [-0.2, -0.15) is 0 Å². The van der Waals surface area contributed by atoms with Gasteiger partial charge in [0.2, 0.25) is 52.7 Å². The Morgan fingerprint density at radius 3 is 1.55 bits per heavy atom. The highest BCUT2D eigenvalue weighted by molar-refractivity contribution is 6.10. The minimum Gasteiger partial charge on any atom is -0.458 e. The molecule has 1 aromatic carbocycles. The lowest BCUT2D eigenvalue weighted by molar-refractivity contribution is -0.163. The summed E-state index contributed by atoms with van der Waals surface area (Å²) >= 11 is 0. The molecule has 0 aromatic heterocycles. The number of anilines is 1. The molecule has 6 aliphatic rings. The van der Waals surface area contributed by atoms with Crippen LogP contribution >= 0.6 is 0 Å². The third kappa shape index (κ3) is 14.1. The quantitative estimate of drug-likeness (QED) is 0.114. The normalized spacial score (nSPS) is 26.4. The maximum absolute atomic E-state index is 15.2. The van der Waals surface area contributed by atoms with Crippen molar-refractivity contribution in [1.82, 2.24) is 55.7 Å². The summed E-state index contributed by atoms with van der Waals surface area (Å²) in [4.78, 5) is 200. The van der Waals surface area contributed by atoms with Gasteiger partial charge in [0.25, 0.3) is 11.8 Å². The number of hydrogen-bond acceptors (Lipinski definition) is 18. The Morgan fingerprint density at radius 1 is 0.648 bits per heavy atom. The van der Waals surface area contributed by atoms with Crippen LogP contribution < -0.4 is 32.4 Å². The second-order valence-electron chi connectivity index (χ2n) is 25.7. The number of nitrogens with two attached hydrogens (primary N) is 1. The van der Waals surface area contributed by atoms with E-state index in [9.17, 15) is 47.9 Å². The standard InChI is InChI=1S/C63H88N12O16/c1-17-31(8)44-61(86)75-25-19-21-38(75)59(84)71(14)27-40(77)73(16)50(30(6)7)63(88)90-35(12)46(57(82)67-44)69-55(80)41-42(64)51(78)33(10)53-48(41)65-47-36(23-22-32(9)52(47)91-53)54(79)68-45-34(11)89-62(87)49(29(4)5)72(15)39(76)26-70(13)58(83)37-20-18-24-74(37)60(85)43(28(2)3)66-56(45)81/h22-23,28-31,34-35,37-38,43-46,49-50H,17-21,24-27,64H2,1-16H3,(H,66,81)(H,67,82)(H,68,79)(H,69,80)/t31-,34+,35+,37-,38-,43-,44-,45-,46+,49-,50-/m0/s1. The maximum Gasteiger partial charge on any atom is 0.329 e. The van der Waals surface area contributed by atoms with E-state index < -0.39 is 191 Å². The first-order valence-electron chi connectivity index (χ1n) is 31.1. The number of nitrogen functional groups attached to an aromatic ring is 1. The lowest BCUT2D eigenvalue weighted by atomic mass is 9.96. The summed E-state index contributed by atoms with van der Waals surface area (Å²) in [7, 11) is 5.60. The maximum atomic E-state index is 15.2. The van der Waals surface area contributed by atoms with Crippen LogP contribution in [0.4, 0.5) is 5.69 Å². The van der Waals surface area contributed by atoms with E-state index >= 15 is 14.4 Å². The van der Waals surface area contributed by atoms with Crippen molar-refractivity contribution in [3.05, 3.63) is 44.6 Å². The highest BCUT2D eigenvalue weighted by Crippen LogP contribution is 2.35. The number of cyclic esters (lactones) is 2. The fourth-order valence-electron chi connectivity index (χ4n) is 12.4. The molecule has 6 N–H and O–H groups in total. The summed E-state index contributed by atoms with van der Waals surface area (Å²) in [5.41, 5.74) is 3.60. The summed E-state index contributed by atoms with van der Waals surface area (Å²) in [5, 5.41) is 10.8. The van der Waals surface area contributed by atoms with Crippen molar-refractivity contribution in [1.29, 1.82) is 0 Å². The van der Waals surface area contributed by atoms with E-state index in [2.05, 4.69) is 21.3 Å². The van der Waals surface area contributed by atoms with Gasteiger partial charge >= 0.3 is 11.9 Å². The van der Waals surface area contributed by atoms with Crippen molar-refractivity contribution in [2.75, 3.05) is 60.1 Å². The van der Waals surface area contributed by atoms with Crippen molar-refractivity contribution >= 4 is 87.8 Å². The number of hydrogen-bond donors (Lipinski definition) is 5. The molecule has 0 bridgehead atoms. The van der Waals surface area contributed by atoms with E-state index in [1.807, 2.05) is 0 Å². The molecule has 10 amide bonds. The van der Waals surface area contributed by atoms with Gasteiger partial charge in [0.05, 0.1) is 29.9 Å². The molecule has 0 spiro atoms. The number of carbonyl (C=O) groups is 12. The van der Waals surface area contributed by atoms with Crippen LogP contribution in [0.5, 0.6) is 0 Å². The Labute approximate surface area is 528 Å². The van der Waals surface area contributed by atoms with Crippen LogP contribution in [0.3, 0.4) is 0 Å². The van der Waals surface area contributed by atoms with Crippen molar-refractivity contribution in [3.63, 3.8) is 0 Å². The molecule has 0 unspecified atom stereocenters. The molecule has 5 heterocycles. The first-order chi connectivity index (χ1) is 42.6. The van der Waals surface area contributed by atoms with Crippen molar-refractivity contribution in [2.24, 2.45) is 23.7 Å². The zero-order valence-electron chi connectivity index (χ0n) is 54.8. The van der Waals surface area contributed by atoms with Gasteiger partial charge in [-0.25, -0.2) is 14.6 Å². The van der Waals surface area contributed by atoms with E-state index in [-0.39, 0.29) is 53.9 Å². The van der Waals surface area contributed by atoms with E-state index in [4.69, 9.17) is 24.6 Å². The molecule has 0 saturated carbocycles. The largest absolute Gasteiger partial charge is 0.458 e. The second kappa shape index (κ2) is 28.2. The Kier molecular flexibility index (Phi) is 21.6. The molecule has 91 heavy (non-hydrogen) atoms. The molecule has 0 radical (unpaired) electrons. The number of benzene rings is 2. The molecule has 1 aromatic rings. The fraction of sp³-hybridized carbons (Fsp3) is 0.619. The number of carbonyl (C=O) groups excluding carboxylic acids is 12. The van der Waals surface area contributed by atoms with E-state index in [1.165, 1.54) is 80.7 Å². The number of rotatable bonds is 9. The van der Waals surface area contributed by atoms with Crippen LogP contribution in [0.1, 0.15) is 133 Å². The number of aryl methyl sites for hydroxylation is 1. The zero-order valence-corrected chi connectivity index (χ0v) is 54.8. The third-order valence-electron chi connectivity index (χ3n) is 18.1. The molecule has 4 saturated heterocycles. The minimum absolute atomic E-state index is 0.0750. The van der Waals surface area contributed by atoms with Gasteiger partial charge in [-0.3, -0.25) is 52.7 Å². The van der Waals surface area contributed by atoms with Gasteiger partial charge in [-0.05, 0) is 88.7 Å². The third-order valence-corrected chi connectivity index (χ3v) is 18.1. The molecule has 7 rings (SSSR count). The van der Waals surface area contributed by atoms with E-state index in [0.717, 1.165) is 9.80 Å². The van der Waals surface area contributed by atoms with Gasteiger partial charge in [0.15, 0.2) is 11.3 Å². The predicted octanol–water partition coefficient (Wildman–Crippen LogP) is 1.12. The first kappa shape index (κ1) is 69.7. The summed E-state index contributed by atoms with van der Waals surface area (Å²) in [5.74, 6) is -12.3. The fourth-order valence-corrected chi connectivity index (χ4v) is 12.4. The molecular weight excluding hydrogens is 1180 g/mol. The second-order valence-corrected chi connectivity index (χ2v) is 25.7. The van der Waals surface area contributed by atoms with E-state index in [0.29, 0.717) is 24.8 Å². The number of ether oxygens (including phenoxy) is 2. The number of amides is 10. The average molecular weight is 1270 g/mol. The van der Waals surface area contributed by atoms with Crippen molar-refractivity contribution < 1.29 is 71.4 Å². The minimum atomic E-state index is -1.88. The SMILES string of the molecule is CC[C@H](C)[C@@H]1NC(=O)[C@H](NC(=O)c2c3nc4c(C(=O)N[C@@H]5C(=O)N[C@@H](C(C)C)C(=O)N6CCC[C@H]6C(=O)N(C)CC(=O)N(C)[C@@H](C(C)C)C(=O)O[C@@H]5C)ccc(C)c4oc-3c(C)c(=O)c2N)[C@@H](C)OC(=O)[C@H](C(C)C)N(C)C(=O)CN(C)C(=O)[C@@H]2CCCN2C1=O. The van der Waals surface area contributed by atoms with Gasteiger partial charge < -0.3 is 70.3 Å². The molecule has 1 aliphatic carbocycles. The summed E-state index contributed by atoms with van der Waals surface area (Å²) in [6, 6.07) is -7.88. The van der Waals surface area contributed by atoms with Gasteiger partial charge in [0, 0.05) is 46.8 Å². The number of esters is 2. The number of nitrogens with one attached hydrogen (secondary N) is 4. The van der Waals surface area contributed by atoms with E-state index in [1.54, 1.807) is 62.3 Å². The molecule has 28 nitrogen and oxygen atoms in total. The zero-order chi connectivity index (χ0) is 67.7. The van der Waals surface area contributed by atoms with Crippen LogP contribution in [0.25, 0.3) is 22.6 Å². The van der Waals surface area contributed by atoms with Crippen molar-refractivity contribution in [2.45, 2.75) is 176 Å². The van der Waals surface area contributed by atoms with Gasteiger partial charge in [-0.1, -0.05) is 67.9 Å². The lowest BCUT2D eigenvalue weighted by Gasteiger charge is -2.36. The monoisotopic (exact) mass is 1270 g/mol. The highest BCUT2D eigenvalue weighted by atomic mass is 16.6. The summed E-state index contributed by atoms with van der Waals surface area (Å²) in [6.07, 6.45) is -1.30. The van der Waals surface area contributed by atoms with Gasteiger partial charge in [0.1, 0.15) is 71.8 Å². The van der Waals surface area contributed by atoms with Crippen LogP contribution in [-0.4, -0.2) is 220 Å². The summed E-state index contributed by atoms with van der Waals surface area (Å²) < 4.78 is 18.3. The number of aromatic nitrogens is 1. The number of nitrogens with zero attached hydrogens (tertiary/aromatic N) is 7. The van der Waals surface area contributed by atoms with Crippen LogP contribution in [0.2, 0.25) is 0 Å². The lowest BCUT2D eigenvalue weighted by Crippen LogP contribution is -2.61. The number of fused-ring (bicyclic) bond motifs is 4. The van der Waals surface area contributed by atoms with Crippen LogP contribution in [0.15, 0.2) is 21.3 Å². The molecule has 5 aliphatic heterocycles. The smallest absolute Gasteiger partial charge is 0.329 e. The Balaban J connectivity index is 1.33.